The van der Waals surface area contributed by atoms with Crippen LogP contribution in [0, 0.1) is 5.92 Å². The summed E-state index contributed by atoms with van der Waals surface area (Å²) < 4.78 is 1.40. The van der Waals surface area contributed by atoms with E-state index in [-0.39, 0.29) is 5.92 Å². The summed E-state index contributed by atoms with van der Waals surface area (Å²) in [6, 6.07) is 15.2. The van der Waals surface area contributed by atoms with E-state index in [1.807, 2.05) is 12.1 Å². The second kappa shape index (κ2) is 9.40. The molecule has 3 heterocycles. The number of likely N-dealkylation sites (tertiary alicyclic amines) is 1. The number of imidazole rings is 1. The third-order valence-electron chi connectivity index (χ3n) is 6.88. The zero-order chi connectivity index (χ0) is 21.2. The topological polar surface area (TPSA) is 61.0 Å². The summed E-state index contributed by atoms with van der Waals surface area (Å²) in [7, 11) is 0. The van der Waals surface area contributed by atoms with Gasteiger partial charge in [0.1, 0.15) is 0 Å². The van der Waals surface area contributed by atoms with Crippen LogP contribution in [0.3, 0.4) is 0 Å². The first-order valence-electron chi connectivity index (χ1n) is 11.5. The summed E-state index contributed by atoms with van der Waals surface area (Å²) in [5.41, 5.74) is 4.76. The fourth-order valence-corrected chi connectivity index (χ4v) is 6.31. The molecule has 158 valence electrons. The van der Waals surface area contributed by atoms with Gasteiger partial charge in [-0.3, -0.25) is 0 Å². The van der Waals surface area contributed by atoms with Crippen molar-refractivity contribution < 1.29 is 4.79 Å². The number of H-pyrrole nitrogens is 1. The molecule has 0 aliphatic carbocycles. The minimum atomic E-state index is 0.176. The van der Waals surface area contributed by atoms with Crippen molar-refractivity contribution in [2.75, 3.05) is 26.2 Å². The van der Waals surface area contributed by atoms with E-state index >= 15 is 0 Å². The quantitative estimate of drug-likeness (QED) is 0.452. The first-order valence-corrected chi connectivity index (χ1v) is 13.8. The molecule has 2 fully saturated rings. The number of benzene rings is 2. The van der Waals surface area contributed by atoms with Gasteiger partial charge in [-0.05, 0) is 6.54 Å². The number of piperidine rings is 1. The molecule has 0 bridgehead atoms. The van der Waals surface area contributed by atoms with Gasteiger partial charge in [0.05, 0.1) is 0 Å². The van der Waals surface area contributed by atoms with E-state index in [1.54, 1.807) is 0 Å². The molecule has 2 saturated heterocycles. The van der Waals surface area contributed by atoms with Crippen LogP contribution in [0.1, 0.15) is 43.6 Å². The third kappa shape index (κ3) is 4.58. The Hall–Kier alpha value is -1.74. The van der Waals surface area contributed by atoms with Gasteiger partial charge in [-0.1, -0.05) is 0 Å². The van der Waals surface area contributed by atoms with Crippen molar-refractivity contribution in [2.45, 2.75) is 38.0 Å². The van der Waals surface area contributed by atoms with Crippen molar-refractivity contribution in [2.24, 2.45) is 5.92 Å². The Morgan fingerprint density at radius 1 is 1.06 bits per heavy atom. The van der Waals surface area contributed by atoms with E-state index in [2.05, 4.69) is 45.5 Å². The molecule has 6 heteroatoms. The third-order valence-corrected chi connectivity index (χ3v) is 8.84. The van der Waals surface area contributed by atoms with E-state index in [9.17, 15) is 4.79 Å². The van der Waals surface area contributed by atoms with Gasteiger partial charge in [-0.15, -0.1) is 0 Å². The molecular formula is C25H29N4OTl. The van der Waals surface area contributed by atoms with Crippen LogP contribution in [0.2, 0.25) is 0 Å². The van der Waals surface area contributed by atoms with Crippen molar-refractivity contribution in [1.29, 1.82) is 0 Å². The number of nitrogens with one attached hydrogen (secondary N) is 2. The summed E-state index contributed by atoms with van der Waals surface area (Å²) in [5, 5.41) is 3.39. The second-order valence-corrected chi connectivity index (χ2v) is 11.4. The van der Waals surface area contributed by atoms with Crippen molar-refractivity contribution in [1.82, 2.24) is 20.2 Å². The number of carbonyl (C=O) groups excluding carboxylic acids is 1. The Labute approximate surface area is 199 Å². The number of para-hydroxylation sites is 2. The predicted octanol–water partition coefficient (Wildman–Crippen LogP) is 3.12. The monoisotopic (exact) mass is 606 g/mol. The summed E-state index contributed by atoms with van der Waals surface area (Å²) in [4.78, 5) is 23.5. The van der Waals surface area contributed by atoms with Gasteiger partial charge >= 0.3 is 194 Å². The van der Waals surface area contributed by atoms with Crippen LogP contribution in [0.25, 0.3) is 22.4 Å². The van der Waals surface area contributed by atoms with Gasteiger partial charge in [-0.2, -0.15) is 0 Å². The average Bonchev–Trinajstić information content (AvgIpc) is 3.09. The molecule has 2 aliphatic rings. The molecule has 2 aromatic carbocycles. The van der Waals surface area contributed by atoms with E-state index in [1.165, 1.54) is 14.2 Å². The Morgan fingerprint density at radius 3 is 2.81 bits per heavy atom. The zero-order valence-electron chi connectivity index (χ0n) is 17.9. The van der Waals surface area contributed by atoms with Gasteiger partial charge in [0.2, 0.25) is 0 Å². The molecule has 2 N–H and O–H groups in total. The molecule has 1 aromatic heterocycles. The number of nitrogens with zero attached hydrogens (tertiary/aromatic N) is 2. The number of carbonyl (C=O) groups is 1. The van der Waals surface area contributed by atoms with Crippen molar-refractivity contribution >= 4 is 45.8 Å². The maximum atomic E-state index is 13.0. The number of hydrogen-bond donors (Lipinski definition) is 2. The fourth-order valence-electron chi connectivity index (χ4n) is 5.08. The van der Waals surface area contributed by atoms with Gasteiger partial charge < -0.3 is 0 Å². The Morgan fingerprint density at radius 2 is 1.97 bits per heavy atom. The number of aromatic nitrogens is 2. The molecule has 0 radical (unpaired) electrons. The predicted molar refractivity (Wildman–Crippen MR) is 126 cm³/mol. The average molecular weight is 606 g/mol. The van der Waals surface area contributed by atoms with Crippen molar-refractivity contribution in [3.63, 3.8) is 0 Å². The molecule has 0 spiro atoms. The van der Waals surface area contributed by atoms with Crippen molar-refractivity contribution in [3.05, 3.63) is 48.0 Å². The van der Waals surface area contributed by atoms with Gasteiger partial charge in [0, 0.05) is 0 Å². The fraction of sp³-hybridized carbons (Fsp3) is 0.440. The number of amides is 1. The first-order chi connectivity index (χ1) is 15.2. The van der Waals surface area contributed by atoms with Crippen LogP contribution < -0.4 is 8.44 Å². The minimum absolute atomic E-state index is 0.176. The Kier molecular flexibility index (Phi) is 6.41. The Balaban J connectivity index is 1.33. The van der Waals surface area contributed by atoms with Crippen LogP contribution in [0.15, 0.2) is 42.5 Å². The number of hydrogen-bond acceptors (Lipinski definition) is 3. The summed E-state index contributed by atoms with van der Waals surface area (Å²) in [5.74, 6) is 2.04. The standard InChI is InChI=1S/C25H29N4O.Tl/c30-25(21-8-4-13-26-17-21)29-14-5-9-18(12-15-29)19-6-3-7-20(16-19)24-27-22-10-1-2-11-23(22)28-24;/h1-3,6,10-11,16,18,21,26H,4-5,8-9,12-15,17H2,(H,27,28);/t18?,21-;/m0./s1. The normalized spacial score (nSPS) is 22.4. The maximum absolute atomic E-state index is 13.0. The van der Waals surface area contributed by atoms with Crippen LogP contribution in [0.5, 0.6) is 0 Å². The SMILES string of the molecule is O=C([C@H]1CCCNC1)N1CCCC(c2cc[c]([Tl])c(-c3nc4ccccc4[nH]3)c2)CC1. The van der Waals surface area contributed by atoms with E-state index in [0.717, 1.165) is 101 Å². The molecule has 1 amide bonds. The molecule has 3 aromatic rings. The molecule has 2 aliphatic heterocycles. The molecule has 1 unspecified atom stereocenters. The van der Waals surface area contributed by atoms with Gasteiger partial charge in [0.15, 0.2) is 0 Å². The molecule has 5 nitrogen and oxygen atoms in total. The first kappa shape index (κ1) is 21.1. The summed E-state index contributed by atoms with van der Waals surface area (Å²) >= 11 is 0.758. The van der Waals surface area contributed by atoms with Crippen molar-refractivity contribution in [3.8, 4) is 11.4 Å². The van der Waals surface area contributed by atoms with Crippen LogP contribution >= 0.6 is 0 Å². The van der Waals surface area contributed by atoms with E-state index in [4.69, 9.17) is 4.98 Å². The Bertz CT molecular complexity index is 1040. The molecule has 31 heavy (non-hydrogen) atoms. The molecular weight excluding hydrogens is 577 g/mol. The zero-order valence-corrected chi connectivity index (χ0v) is 22.4. The number of fused-ring (bicyclic) bond motifs is 1. The number of aromatic amines is 1. The number of rotatable bonds is 3. The molecule has 0 saturated carbocycles. The van der Waals surface area contributed by atoms with Crippen LogP contribution in [-0.2, 0) is 4.79 Å². The van der Waals surface area contributed by atoms with E-state index in [0.29, 0.717) is 11.8 Å². The molecule has 2 atom stereocenters. The van der Waals surface area contributed by atoms with Crippen LogP contribution in [0.4, 0.5) is 0 Å². The summed E-state index contributed by atoms with van der Waals surface area (Å²) in [6.07, 6.45) is 5.43. The van der Waals surface area contributed by atoms with Gasteiger partial charge in [-0.25, -0.2) is 0 Å². The summed E-state index contributed by atoms with van der Waals surface area (Å²) in [6.45, 7) is 3.69. The molecule has 5 rings (SSSR count). The second-order valence-electron chi connectivity index (χ2n) is 8.95. The van der Waals surface area contributed by atoms with Gasteiger partial charge in [0.25, 0.3) is 0 Å². The van der Waals surface area contributed by atoms with E-state index < -0.39 is 0 Å². The van der Waals surface area contributed by atoms with Crippen LogP contribution in [-0.4, -0.2) is 72.7 Å².